The third-order valence-electron chi connectivity index (χ3n) is 5.17. The van der Waals surface area contributed by atoms with Crippen LogP contribution >= 0.6 is 0 Å². The zero-order chi connectivity index (χ0) is 18.1. The topological polar surface area (TPSA) is 61.4 Å². The first-order chi connectivity index (χ1) is 12.6. The second-order valence-corrected chi connectivity index (χ2v) is 7.25. The van der Waals surface area contributed by atoms with Crippen LogP contribution in [-0.2, 0) is 6.42 Å². The summed E-state index contributed by atoms with van der Waals surface area (Å²) in [7, 11) is 2.13. The van der Waals surface area contributed by atoms with Gasteiger partial charge in [0.15, 0.2) is 5.78 Å². The summed E-state index contributed by atoms with van der Waals surface area (Å²) in [5, 5.41) is 3.37. The molecule has 0 bridgehead atoms. The molecule has 0 unspecified atom stereocenters. The van der Waals surface area contributed by atoms with Crippen molar-refractivity contribution in [1.29, 1.82) is 0 Å². The van der Waals surface area contributed by atoms with E-state index >= 15 is 0 Å². The molecule has 1 aromatic carbocycles. The first-order valence-corrected chi connectivity index (χ1v) is 9.31. The highest BCUT2D eigenvalue weighted by atomic mass is 16.1. The lowest BCUT2D eigenvalue weighted by Gasteiger charge is -2.33. The number of likely N-dealkylation sites (N-methyl/N-ethyl adjacent to an activating group) is 1. The molecule has 26 heavy (non-hydrogen) atoms. The molecule has 2 heterocycles. The van der Waals surface area contributed by atoms with Crippen LogP contribution in [0, 0.1) is 6.92 Å². The number of rotatable bonds is 3. The number of fused-ring (bicyclic) bond motifs is 1. The summed E-state index contributed by atoms with van der Waals surface area (Å²) in [5.41, 5.74) is 3.71. The van der Waals surface area contributed by atoms with Gasteiger partial charge in [-0.05, 0) is 38.9 Å². The molecule has 2 aromatic rings. The molecule has 6 nitrogen and oxygen atoms in total. The van der Waals surface area contributed by atoms with Gasteiger partial charge in [-0.2, -0.15) is 4.98 Å². The van der Waals surface area contributed by atoms with Crippen molar-refractivity contribution in [2.45, 2.75) is 26.2 Å². The van der Waals surface area contributed by atoms with Gasteiger partial charge in [0.1, 0.15) is 5.82 Å². The lowest BCUT2D eigenvalue weighted by atomic mass is 9.95. The molecular weight excluding hydrogens is 326 g/mol. The van der Waals surface area contributed by atoms with Crippen LogP contribution in [0.15, 0.2) is 24.3 Å². The Balaban J connectivity index is 1.71. The molecule has 0 spiro atoms. The number of hydrogen-bond donors (Lipinski definition) is 1. The van der Waals surface area contributed by atoms with Crippen molar-refractivity contribution in [3.8, 4) is 0 Å². The number of Topliss-reactive ketones (excluding diaryl/α,β-unsaturated/α-hetero) is 1. The summed E-state index contributed by atoms with van der Waals surface area (Å²) in [6.45, 7) is 5.88. The summed E-state index contributed by atoms with van der Waals surface area (Å²) in [6, 6.07) is 8.15. The van der Waals surface area contributed by atoms with E-state index in [4.69, 9.17) is 9.97 Å². The predicted octanol–water partition coefficient (Wildman–Crippen LogP) is 2.80. The van der Waals surface area contributed by atoms with E-state index in [1.807, 2.05) is 12.1 Å². The second-order valence-electron chi connectivity index (χ2n) is 7.25. The van der Waals surface area contributed by atoms with Gasteiger partial charge in [0.2, 0.25) is 5.95 Å². The second kappa shape index (κ2) is 7.03. The lowest BCUT2D eigenvalue weighted by molar-refractivity contribution is 0.0972. The number of hydrogen-bond acceptors (Lipinski definition) is 6. The molecule has 136 valence electrons. The number of carbonyl (C=O) groups is 1. The van der Waals surface area contributed by atoms with Crippen LogP contribution in [-0.4, -0.2) is 53.9 Å². The fraction of sp³-hybridized carbons (Fsp3) is 0.450. The maximum Gasteiger partial charge on any atom is 0.227 e. The van der Waals surface area contributed by atoms with Crippen molar-refractivity contribution < 1.29 is 4.79 Å². The smallest absolute Gasteiger partial charge is 0.227 e. The van der Waals surface area contributed by atoms with Gasteiger partial charge >= 0.3 is 0 Å². The molecule has 4 rings (SSSR count). The fourth-order valence-electron chi connectivity index (χ4n) is 3.52. The highest BCUT2D eigenvalue weighted by Crippen LogP contribution is 2.30. The number of ketones is 1. The SMILES string of the molecule is Cc1ccc(Nc2nc(N3CCN(C)CC3)nc3c2C(=O)CCC3)cc1. The van der Waals surface area contributed by atoms with Gasteiger partial charge in [0.05, 0.1) is 11.3 Å². The van der Waals surface area contributed by atoms with Gasteiger partial charge in [0, 0.05) is 38.3 Å². The largest absolute Gasteiger partial charge is 0.339 e. The number of aromatic nitrogens is 2. The van der Waals surface area contributed by atoms with Crippen LogP contribution in [0.4, 0.5) is 17.5 Å². The minimum atomic E-state index is 0.144. The van der Waals surface area contributed by atoms with E-state index in [2.05, 4.69) is 41.2 Å². The van der Waals surface area contributed by atoms with E-state index in [9.17, 15) is 4.79 Å². The Kier molecular flexibility index (Phi) is 4.59. The third-order valence-corrected chi connectivity index (χ3v) is 5.17. The number of aryl methyl sites for hydroxylation is 2. The molecule has 0 radical (unpaired) electrons. The first kappa shape index (κ1) is 17.0. The van der Waals surface area contributed by atoms with Crippen LogP contribution in [0.25, 0.3) is 0 Å². The molecule has 1 N–H and O–H groups in total. The Morgan fingerprint density at radius 2 is 1.73 bits per heavy atom. The van der Waals surface area contributed by atoms with Crippen LogP contribution < -0.4 is 10.2 Å². The van der Waals surface area contributed by atoms with Gasteiger partial charge in [-0.15, -0.1) is 0 Å². The fourth-order valence-corrected chi connectivity index (χ4v) is 3.52. The van der Waals surface area contributed by atoms with Crippen LogP contribution in [0.3, 0.4) is 0 Å². The van der Waals surface area contributed by atoms with Gasteiger partial charge in [0.25, 0.3) is 0 Å². The third kappa shape index (κ3) is 3.42. The number of benzene rings is 1. The highest BCUT2D eigenvalue weighted by Gasteiger charge is 2.26. The molecule has 6 heteroatoms. The van der Waals surface area contributed by atoms with Crippen molar-refractivity contribution in [2.75, 3.05) is 43.4 Å². The Morgan fingerprint density at radius 1 is 1.00 bits per heavy atom. The standard InChI is InChI=1S/C20H25N5O/c1-14-6-8-15(9-7-14)21-19-18-16(4-3-5-17(18)26)22-20(23-19)25-12-10-24(2)11-13-25/h6-9H,3-5,10-13H2,1-2H3,(H,21,22,23). The molecule has 0 amide bonds. The summed E-state index contributed by atoms with van der Waals surface area (Å²) >= 11 is 0. The summed E-state index contributed by atoms with van der Waals surface area (Å²) < 4.78 is 0. The van der Waals surface area contributed by atoms with Gasteiger partial charge in [-0.25, -0.2) is 4.98 Å². The van der Waals surface area contributed by atoms with Crippen LogP contribution in [0.1, 0.15) is 34.5 Å². The monoisotopic (exact) mass is 351 g/mol. The normalized spacial score (nSPS) is 17.9. The van der Waals surface area contributed by atoms with E-state index in [1.54, 1.807) is 0 Å². The molecular formula is C20H25N5O. The number of carbonyl (C=O) groups excluding carboxylic acids is 1. The Morgan fingerprint density at radius 3 is 2.46 bits per heavy atom. The quantitative estimate of drug-likeness (QED) is 0.917. The van der Waals surface area contributed by atoms with Crippen molar-refractivity contribution in [1.82, 2.24) is 14.9 Å². The number of nitrogens with zero attached hydrogens (tertiary/aromatic N) is 4. The Hall–Kier alpha value is -2.47. The average molecular weight is 351 g/mol. The minimum Gasteiger partial charge on any atom is -0.339 e. The molecule has 0 saturated carbocycles. The summed E-state index contributed by atoms with van der Waals surface area (Å²) in [6.07, 6.45) is 2.29. The zero-order valence-electron chi connectivity index (χ0n) is 15.5. The van der Waals surface area contributed by atoms with Crippen molar-refractivity contribution >= 4 is 23.2 Å². The van der Waals surface area contributed by atoms with E-state index in [0.717, 1.165) is 56.4 Å². The minimum absolute atomic E-state index is 0.144. The van der Waals surface area contributed by atoms with Crippen LogP contribution in [0.2, 0.25) is 0 Å². The summed E-state index contributed by atoms with van der Waals surface area (Å²) in [5.74, 6) is 1.53. The molecule has 1 fully saturated rings. The highest BCUT2D eigenvalue weighted by molar-refractivity contribution is 6.03. The maximum atomic E-state index is 12.5. The lowest BCUT2D eigenvalue weighted by Crippen LogP contribution is -2.45. The molecule has 1 aliphatic heterocycles. The zero-order valence-corrected chi connectivity index (χ0v) is 15.5. The van der Waals surface area contributed by atoms with Gasteiger partial charge in [-0.1, -0.05) is 17.7 Å². The van der Waals surface area contributed by atoms with Gasteiger partial charge in [-0.3, -0.25) is 4.79 Å². The number of piperazine rings is 1. The maximum absolute atomic E-state index is 12.5. The molecule has 0 atom stereocenters. The number of nitrogens with one attached hydrogen (secondary N) is 1. The Bertz CT molecular complexity index is 810. The average Bonchev–Trinajstić information content (AvgIpc) is 2.64. The van der Waals surface area contributed by atoms with Crippen molar-refractivity contribution in [3.63, 3.8) is 0 Å². The molecule has 2 aliphatic rings. The van der Waals surface area contributed by atoms with E-state index in [-0.39, 0.29) is 5.78 Å². The first-order valence-electron chi connectivity index (χ1n) is 9.31. The molecule has 1 aliphatic carbocycles. The van der Waals surface area contributed by atoms with Crippen molar-refractivity contribution in [3.05, 3.63) is 41.1 Å². The summed E-state index contributed by atoms with van der Waals surface area (Å²) in [4.78, 5) is 26.6. The van der Waals surface area contributed by atoms with E-state index < -0.39 is 0 Å². The Labute approximate surface area is 154 Å². The van der Waals surface area contributed by atoms with Crippen LogP contribution in [0.5, 0.6) is 0 Å². The van der Waals surface area contributed by atoms with Gasteiger partial charge < -0.3 is 15.1 Å². The van der Waals surface area contributed by atoms with E-state index in [1.165, 1.54) is 5.56 Å². The van der Waals surface area contributed by atoms with Crippen molar-refractivity contribution in [2.24, 2.45) is 0 Å². The molecule has 1 saturated heterocycles. The predicted molar refractivity (Wildman–Crippen MR) is 103 cm³/mol. The molecule has 1 aromatic heterocycles. The number of anilines is 3. The van der Waals surface area contributed by atoms with E-state index in [0.29, 0.717) is 17.8 Å².